The van der Waals surface area contributed by atoms with E-state index in [4.69, 9.17) is 26.1 Å². The highest BCUT2D eigenvalue weighted by atomic mass is 35.5. The lowest BCUT2D eigenvalue weighted by Crippen LogP contribution is -2.26. The summed E-state index contributed by atoms with van der Waals surface area (Å²) in [5, 5.41) is 4.72. The first kappa shape index (κ1) is 21.1. The molecule has 166 valence electrons. The number of fused-ring (bicyclic) bond motifs is 1. The van der Waals surface area contributed by atoms with E-state index >= 15 is 0 Å². The number of halogens is 1. The fraction of sp³-hybridized carbons (Fsp3) is 0.417. The molecule has 0 spiro atoms. The van der Waals surface area contributed by atoms with Crippen LogP contribution >= 0.6 is 11.6 Å². The predicted octanol–water partition coefficient (Wildman–Crippen LogP) is 5.21. The molecule has 32 heavy (non-hydrogen) atoms. The first-order valence-electron chi connectivity index (χ1n) is 11.1. The van der Waals surface area contributed by atoms with Crippen LogP contribution in [0.5, 0.6) is 5.88 Å². The minimum atomic E-state index is 0.0736. The number of ketones is 1. The van der Waals surface area contributed by atoms with Crippen molar-refractivity contribution in [2.75, 3.05) is 18.5 Å². The van der Waals surface area contributed by atoms with Crippen molar-refractivity contribution in [1.82, 2.24) is 15.0 Å². The molecule has 2 aliphatic rings. The number of Topliss-reactive ketones (excluding diaryl/α,β-unsaturated/α-hetero) is 1. The molecule has 0 atom stereocenters. The molecule has 1 saturated carbocycles. The number of rotatable bonds is 5. The molecule has 2 aromatic heterocycles. The molecule has 0 amide bonds. The minimum Gasteiger partial charge on any atom is -0.474 e. The smallest absolute Gasteiger partial charge is 0.227 e. The molecular formula is C24H25ClN4O3. The van der Waals surface area contributed by atoms with E-state index in [2.05, 4.69) is 15.3 Å². The summed E-state index contributed by atoms with van der Waals surface area (Å²) < 4.78 is 11.7. The van der Waals surface area contributed by atoms with E-state index in [0.717, 1.165) is 47.8 Å². The number of ether oxygens (including phenoxy) is 2. The normalized spacial score (nSPS) is 18.1. The molecule has 3 heterocycles. The van der Waals surface area contributed by atoms with Gasteiger partial charge in [-0.25, -0.2) is 15.0 Å². The summed E-state index contributed by atoms with van der Waals surface area (Å²) in [6, 6.07) is 7.41. The van der Waals surface area contributed by atoms with Crippen molar-refractivity contribution in [2.24, 2.45) is 0 Å². The fourth-order valence-electron chi connectivity index (χ4n) is 4.33. The average Bonchev–Trinajstić information content (AvgIpc) is 2.82. The summed E-state index contributed by atoms with van der Waals surface area (Å²) in [5.41, 5.74) is 2.73. The SMILES string of the molecule is O=C1CCC(c2cnc(OC3CCOCC3)c3cnc(Nc4ccc(Cl)cc4)nc23)CC1. The number of nitrogens with zero attached hydrogens (tertiary/aromatic N) is 3. The molecule has 3 aromatic rings. The highest BCUT2D eigenvalue weighted by Crippen LogP contribution is 2.37. The Balaban J connectivity index is 1.51. The maximum atomic E-state index is 11.8. The molecule has 1 saturated heterocycles. The van der Waals surface area contributed by atoms with Gasteiger partial charge in [-0.3, -0.25) is 4.79 Å². The monoisotopic (exact) mass is 452 g/mol. The largest absolute Gasteiger partial charge is 0.474 e. The van der Waals surface area contributed by atoms with Crippen LogP contribution in [0.3, 0.4) is 0 Å². The van der Waals surface area contributed by atoms with Crippen molar-refractivity contribution in [1.29, 1.82) is 0 Å². The lowest BCUT2D eigenvalue weighted by molar-refractivity contribution is -0.120. The number of benzene rings is 1. The van der Waals surface area contributed by atoms with Gasteiger partial charge in [-0.1, -0.05) is 11.6 Å². The Morgan fingerprint density at radius 3 is 2.50 bits per heavy atom. The second-order valence-corrected chi connectivity index (χ2v) is 8.79. The molecule has 7 nitrogen and oxygen atoms in total. The van der Waals surface area contributed by atoms with E-state index in [1.807, 2.05) is 30.5 Å². The predicted molar refractivity (Wildman–Crippen MR) is 123 cm³/mol. The number of carbonyl (C=O) groups excluding carboxylic acids is 1. The summed E-state index contributed by atoms with van der Waals surface area (Å²) in [7, 11) is 0. The quantitative estimate of drug-likeness (QED) is 0.568. The van der Waals surface area contributed by atoms with Crippen molar-refractivity contribution in [3.63, 3.8) is 0 Å². The van der Waals surface area contributed by atoms with Gasteiger partial charge in [0, 0.05) is 54.4 Å². The first-order chi connectivity index (χ1) is 15.7. The van der Waals surface area contributed by atoms with Gasteiger partial charge in [-0.05, 0) is 43.0 Å². The van der Waals surface area contributed by atoms with Gasteiger partial charge in [0.2, 0.25) is 11.8 Å². The molecule has 0 unspecified atom stereocenters. The van der Waals surface area contributed by atoms with Gasteiger partial charge in [0.25, 0.3) is 0 Å². The molecule has 1 aliphatic heterocycles. The van der Waals surface area contributed by atoms with E-state index in [-0.39, 0.29) is 12.0 Å². The number of nitrogens with one attached hydrogen (secondary N) is 1. The molecule has 8 heteroatoms. The number of hydrogen-bond acceptors (Lipinski definition) is 7. The zero-order valence-corrected chi connectivity index (χ0v) is 18.5. The molecule has 1 N–H and O–H groups in total. The number of pyridine rings is 1. The zero-order valence-electron chi connectivity index (χ0n) is 17.7. The van der Waals surface area contributed by atoms with Crippen molar-refractivity contribution in [3.8, 4) is 5.88 Å². The molecule has 1 aromatic carbocycles. The van der Waals surface area contributed by atoms with Crippen LogP contribution in [0.4, 0.5) is 11.6 Å². The Morgan fingerprint density at radius 2 is 1.75 bits per heavy atom. The fourth-order valence-corrected chi connectivity index (χ4v) is 4.46. The third-order valence-electron chi connectivity index (χ3n) is 6.14. The molecule has 0 radical (unpaired) electrons. The van der Waals surface area contributed by atoms with Gasteiger partial charge in [0.1, 0.15) is 11.9 Å². The zero-order chi connectivity index (χ0) is 21.9. The van der Waals surface area contributed by atoms with Gasteiger partial charge in [-0.2, -0.15) is 0 Å². The summed E-state index contributed by atoms with van der Waals surface area (Å²) in [6.45, 7) is 1.39. The standard InChI is InChI=1S/C24H25ClN4O3/c25-16-3-5-17(6-4-16)28-24-27-14-21-22(29-24)20(15-1-7-18(30)8-2-15)13-26-23(21)32-19-9-11-31-12-10-19/h3-6,13-15,19H,1-2,7-12H2,(H,27,28,29). The summed E-state index contributed by atoms with van der Waals surface area (Å²) >= 11 is 6.00. The molecule has 5 rings (SSSR count). The van der Waals surface area contributed by atoms with Gasteiger partial charge < -0.3 is 14.8 Å². The van der Waals surface area contributed by atoms with Crippen LogP contribution in [0, 0.1) is 0 Å². The van der Waals surface area contributed by atoms with Crippen LogP contribution < -0.4 is 10.1 Å². The Kier molecular flexibility index (Phi) is 6.19. The molecule has 2 fully saturated rings. The van der Waals surface area contributed by atoms with Crippen LogP contribution in [0.25, 0.3) is 10.9 Å². The van der Waals surface area contributed by atoms with Crippen molar-refractivity contribution < 1.29 is 14.3 Å². The van der Waals surface area contributed by atoms with Crippen molar-refractivity contribution in [3.05, 3.63) is 47.2 Å². The minimum absolute atomic E-state index is 0.0736. The van der Waals surface area contributed by atoms with Crippen LogP contribution in [0.2, 0.25) is 5.02 Å². The van der Waals surface area contributed by atoms with Crippen molar-refractivity contribution in [2.45, 2.75) is 50.5 Å². The average molecular weight is 453 g/mol. The van der Waals surface area contributed by atoms with Gasteiger partial charge in [0.15, 0.2) is 0 Å². The highest BCUT2D eigenvalue weighted by molar-refractivity contribution is 6.30. The Labute approximate surface area is 191 Å². The van der Waals surface area contributed by atoms with Crippen LogP contribution in [0.15, 0.2) is 36.7 Å². The summed E-state index contributed by atoms with van der Waals surface area (Å²) in [4.78, 5) is 25.8. The van der Waals surface area contributed by atoms with Gasteiger partial charge in [-0.15, -0.1) is 0 Å². The van der Waals surface area contributed by atoms with E-state index < -0.39 is 0 Å². The second-order valence-electron chi connectivity index (χ2n) is 8.35. The van der Waals surface area contributed by atoms with Crippen LogP contribution in [0.1, 0.15) is 50.0 Å². The second kappa shape index (κ2) is 9.38. The van der Waals surface area contributed by atoms with Crippen molar-refractivity contribution >= 4 is 39.9 Å². The molecule has 1 aliphatic carbocycles. The lowest BCUT2D eigenvalue weighted by atomic mass is 9.83. The van der Waals surface area contributed by atoms with E-state index in [0.29, 0.717) is 48.7 Å². The number of aromatic nitrogens is 3. The van der Waals surface area contributed by atoms with E-state index in [1.54, 1.807) is 6.20 Å². The molecule has 0 bridgehead atoms. The Hall–Kier alpha value is -2.77. The number of anilines is 2. The van der Waals surface area contributed by atoms with E-state index in [9.17, 15) is 4.79 Å². The molecular weight excluding hydrogens is 428 g/mol. The summed E-state index contributed by atoms with van der Waals surface area (Å²) in [5.74, 6) is 1.63. The van der Waals surface area contributed by atoms with Gasteiger partial charge in [0.05, 0.1) is 24.1 Å². The number of carbonyl (C=O) groups is 1. The first-order valence-corrected chi connectivity index (χ1v) is 11.5. The topological polar surface area (TPSA) is 86.2 Å². The van der Waals surface area contributed by atoms with Crippen LogP contribution in [-0.4, -0.2) is 40.1 Å². The maximum Gasteiger partial charge on any atom is 0.227 e. The highest BCUT2D eigenvalue weighted by Gasteiger charge is 2.25. The third kappa shape index (κ3) is 4.69. The third-order valence-corrected chi connectivity index (χ3v) is 6.40. The van der Waals surface area contributed by atoms with Gasteiger partial charge >= 0.3 is 0 Å². The maximum absolute atomic E-state index is 11.8. The summed E-state index contributed by atoms with van der Waals surface area (Å²) in [6.07, 6.45) is 8.25. The Morgan fingerprint density at radius 1 is 1.00 bits per heavy atom. The van der Waals surface area contributed by atoms with E-state index in [1.165, 1.54) is 0 Å². The number of hydrogen-bond donors (Lipinski definition) is 1. The lowest BCUT2D eigenvalue weighted by Gasteiger charge is -2.25. The van der Waals surface area contributed by atoms with Crippen LogP contribution in [-0.2, 0) is 9.53 Å². The Bertz CT molecular complexity index is 1110.